The van der Waals surface area contributed by atoms with E-state index in [0.717, 1.165) is 50.3 Å². The van der Waals surface area contributed by atoms with E-state index < -0.39 is 0 Å². The second kappa shape index (κ2) is 7.88. The Labute approximate surface area is 126 Å². The third-order valence-corrected chi connectivity index (χ3v) is 3.79. The average molecular weight is 291 g/mol. The van der Waals surface area contributed by atoms with Gasteiger partial charge in [0.2, 0.25) is 0 Å². The minimum atomic E-state index is -0.0304. The summed E-state index contributed by atoms with van der Waals surface area (Å²) in [5.41, 5.74) is 0.769. The molecule has 1 aromatic rings. The highest BCUT2D eigenvalue weighted by Crippen LogP contribution is 2.18. The minimum absolute atomic E-state index is 0.0304. The van der Waals surface area contributed by atoms with Crippen LogP contribution in [0.5, 0.6) is 5.75 Å². The molecule has 116 valence electrons. The summed E-state index contributed by atoms with van der Waals surface area (Å²) in [6.07, 6.45) is 3.19. The molecule has 1 heterocycles. The number of likely N-dealkylation sites (tertiary alicyclic amines) is 1. The van der Waals surface area contributed by atoms with Crippen LogP contribution in [0.2, 0.25) is 0 Å². The summed E-state index contributed by atoms with van der Waals surface area (Å²) in [4.78, 5) is 14.1. The van der Waals surface area contributed by atoms with Gasteiger partial charge < -0.3 is 20.3 Å². The van der Waals surface area contributed by atoms with Crippen molar-refractivity contribution in [1.82, 2.24) is 10.2 Å². The van der Waals surface area contributed by atoms with Crippen molar-refractivity contribution in [3.63, 3.8) is 0 Å². The Bertz CT molecular complexity index is 457. The van der Waals surface area contributed by atoms with Crippen LogP contribution in [-0.4, -0.2) is 43.7 Å². The SMILES string of the molecule is CCCNC1CCN(C(=O)Nc2cccc(OC)c2)CC1. The molecule has 0 unspecified atom stereocenters. The molecule has 2 N–H and O–H groups in total. The van der Waals surface area contributed by atoms with Crippen molar-refractivity contribution >= 4 is 11.7 Å². The fraction of sp³-hybridized carbons (Fsp3) is 0.562. The lowest BCUT2D eigenvalue weighted by molar-refractivity contribution is 0.189. The van der Waals surface area contributed by atoms with Gasteiger partial charge in [-0.25, -0.2) is 4.79 Å². The standard InChI is InChI=1S/C16H25N3O2/c1-3-9-17-13-7-10-19(11-8-13)16(20)18-14-5-4-6-15(12-14)21-2/h4-6,12-13,17H,3,7-11H2,1-2H3,(H,18,20). The van der Waals surface area contributed by atoms with Crippen molar-refractivity contribution in [2.45, 2.75) is 32.2 Å². The Hall–Kier alpha value is -1.75. The van der Waals surface area contributed by atoms with Crippen LogP contribution in [0.25, 0.3) is 0 Å². The van der Waals surface area contributed by atoms with Crippen LogP contribution in [0, 0.1) is 0 Å². The summed E-state index contributed by atoms with van der Waals surface area (Å²) in [5.74, 6) is 0.746. The molecule has 1 saturated heterocycles. The van der Waals surface area contributed by atoms with E-state index in [0.29, 0.717) is 6.04 Å². The van der Waals surface area contributed by atoms with Gasteiger partial charge in [0.15, 0.2) is 0 Å². The average Bonchev–Trinajstić information content (AvgIpc) is 2.53. The number of nitrogens with zero attached hydrogens (tertiary/aromatic N) is 1. The van der Waals surface area contributed by atoms with E-state index in [-0.39, 0.29) is 6.03 Å². The molecule has 0 radical (unpaired) electrons. The molecule has 2 amide bonds. The highest BCUT2D eigenvalue weighted by atomic mass is 16.5. The lowest BCUT2D eigenvalue weighted by atomic mass is 10.1. The smallest absolute Gasteiger partial charge is 0.321 e. The van der Waals surface area contributed by atoms with Crippen molar-refractivity contribution < 1.29 is 9.53 Å². The minimum Gasteiger partial charge on any atom is -0.497 e. The summed E-state index contributed by atoms with van der Waals surface area (Å²) in [6.45, 7) is 4.83. The molecule has 0 aliphatic carbocycles. The number of methoxy groups -OCH3 is 1. The first kappa shape index (κ1) is 15.6. The largest absolute Gasteiger partial charge is 0.497 e. The second-order valence-corrected chi connectivity index (χ2v) is 5.38. The van der Waals surface area contributed by atoms with Gasteiger partial charge in [0.25, 0.3) is 0 Å². The third kappa shape index (κ3) is 4.63. The fourth-order valence-corrected chi connectivity index (χ4v) is 2.54. The predicted molar refractivity (Wildman–Crippen MR) is 84.9 cm³/mol. The quantitative estimate of drug-likeness (QED) is 0.877. The van der Waals surface area contributed by atoms with E-state index in [1.165, 1.54) is 0 Å². The first-order valence-electron chi connectivity index (χ1n) is 7.66. The number of nitrogens with one attached hydrogen (secondary N) is 2. The number of carbonyl (C=O) groups is 1. The van der Waals surface area contributed by atoms with E-state index >= 15 is 0 Å². The Morgan fingerprint density at radius 1 is 1.38 bits per heavy atom. The highest BCUT2D eigenvalue weighted by molar-refractivity contribution is 5.89. The van der Waals surface area contributed by atoms with Gasteiger partial charge in [-0.3, -0.25) is 0 Å². The number of ether oxygens (including phenoxy) is 1. The Morgan fingerprint density at radius 2 is 2.14 bits per heavy atom. The van der Waals surface area contributed by atoms with Crippen molar-refractivity contribution in [2.24, 2.45) is 0 Å². The molecule has 1 aromatic carbocycles. The number of benzene rings is 1. The third-order valence-electron chi connectivity index (χ3n) is 3.79. The summed E-state index contributed by atoms with van der Waals surface area (Å²) in [5, 5.41) is 6.45. The van der Waals surface area contributed by atoms with E-state index in [1.807, 2.05) is 29.2 Å². The monoisotopic (exact) mass is 291 g/mol. The zero-order valence-corrected chi connectivity index (χ0v) is 12.9. The molecular weight excluding hydrogens is 266 g/mol. The number of rotatable bonds is 5. The highest BCUT2D eigenvalue weighted by Gasteiger charge is 2.22. The lowest BCUT2D eigenvalue weighted by Crippen LogP contribution is -2.46. The first-order chi connectivity index (χ1) is 10.2. The Balaban J connectivity index is 1.81. The number of hydrogen-bond donors (Lipinski definition) is 2. The first-order valence-corrected chi connectivity index (χ1v) is 7.66. The maximum absolute atomic E-state index is 12.2. The van der Waals surface area contributed by atoms with Gasteiger partial charge in [-0.2, -0.15) is 0 Å². The summed E-state index contributed by atoms with van der Waals surface area (Å²) >= 11 is 0. The van der Waals surface area contributed by atoms with Crippen LogP contribution in [-0.2, 0) is 0 Å². The molecule has 5 nitrogen and oxygen atoms in total. The zero-order valence-electron chi connectivity index (χ0n) is 12.9. The van der Waals surface area contributed by atoms with Crippen molar-refractivity contribution in [3.05, 3.63) is 24.3 Å². The second-order valence-electron chi connectivity index (χ2n) is 5.38. The molecule has 2 rings (SSSR count). The summed E-state index contributed by atoms with van der Waals surface area (Å²) < 4.78 is 5.16. The molecule has 1 aliphatic heterocycles. The van der Waals surface area contributed by atoms with Crippen molar-refractivity contribution in [2.75, 3.05) is 32.1 Å². The van der Waals surface area contributed by atoms with Gasteiger partial charge in [-0.05, 0) is 37.9 Å². The topological polar surface area (TPSA) is 53.6 Å². The van der Waals surface area contributed by atoms with E-state index in [2.05, 4.69) is 17.6 Å². The maximum Gasteiger partial charge on any atom is 0.321 e. The number of anilines is 1. The number of amides is 2. The van der Waals surface area contributed by atoms with E-state index in [9.17, 15) is 4.79 Å². The number of urea groups is 1. The number of carbonyl (C=O) groups excluding carboxylic acids is 1. The zero-order chi connectivity index (χ0) is 15.1. The van der Waals surface area contributed by atoms with Gasteiger partial charge in [-0.1, -0.05) is 13.0 Å². The fourth-order valence-electron chi connectivity index (χ4n) is 2.54. The van der Waals surface area contributed by atoms with Crippen LogP contribution in [0.3, 0.4) is 0 Å². The number of hydrogen-bond acceptors (Lipinski definition) is 3. The maximum atomic E-state index is 12.2. The Morgan fingerprint density at radius 3 is 2.81 bits per heavy atom. The normalized spacial score (nSPS) is 15.8. The van der Waals surface area contributed by atoms with Gasteiger partial charge in [-0.15, -0.1) is 0 Å². The molecule has 0 atom stereocenters. The predicted octanol–water partition coefficient (Wildman–Crippen LogP) is 2.69. The molecule has 0 spiro atoms. The summed E-state index contributed by atoms with van der Waals surface area (Å²) in [6, 6.07) is 7.95. The Kier molecular flexibility index (Phi) is 5.87. The van der Waals surface area contributed by atoms with Crippen LogP contribution in [0.1, 0.15) is 26.2 Å². The number of piperidine rings is 1. The molecule has 0 aromatic heterocycles. The molecule has 1 aliphatic rings. The molecular formula is C16H25N3O2. The van der Waals surface area contributed by atoms with Gasteiger partial charge >= 0.3 is 6.03 Å². The van der Waals surface area contributed by atoms with Gasteiger partial charge in [0.1, 0.15) is 5.75 Å². The van der Waals surface area contributed by atoms with Crippen LogP contribution >= 0.6 is 0 Å². The summed E-state index contributed by atoms with van der Waals surface area (Å²) in [7, 11) is 1.62. The van der Waals surface area contributed by atoms with Gasteiger partial charge in [0, 0.05) is 30.9 Å². The van der Waals surface area contributed by atoms with E-state index in [1.54, 1.807) is 7.11 Å². The molecule has 5 heteroatoms. The molecule has 0 saturated carbocycles. The van der Waals surface area contributed by atoms with Crippen LogP contribution in [0.4, 0.5) is 10.5 Å². The van der Waals surface area contributed by atoms with E-state index in [4.69, 9.17) is 4.74 Å². The molecule has 21 heavy (non-hydrogen) atoms. The van der Waals surface area contributed by atoms with Gasteiger partial charge in [0.05, 0.1) is 7.11 Å². The van der Waals surface area contributed by atoms with Crippen LogP contribution in [0.15, 0.2) is 24.3 Å². The van der Waals surface area contributed by atoms with Crippen LogP contribution < -0.4 is 15.4 Å². The lowest BCUT2D eigenvalue weighted by Gasteiger charge is -2.32. The molecule has 1 fully saturated rings. The van der Waals surface area contributed by atoms with Crippen molar-refractivity contribution in [1.29, 1.82) is 0 Å². The molecule has 0 bridgehead atoms. The van der Waals surface area contributed by atoms with Crippen molar-refractivity contribution in [3.8, 4) is 5.75 Å².